The predicted molar refractivity (Wildman–Crippen MR) is 54.9 cm³/mol. The number of hydrogen-bond donors (Lipinski definition) is 1. The summed E-state index contributed by atoms with van der Waals surface area (Å²) in [5, 5.41) is 0. The van der Waals surface area contributed by atoms with Crippen molar-refractivity contribution >= 4 is 24.8 Å². The largest absolute Gasteiger partial charge is 0.333 e. The zero-order chi connectivity index (χ0) is 7.40. The quantitative estimate of drug-likeness (QED) is 0.826. The summed E-state index contributed by atoms with van der Waals surface area (Å²) in [6.45, 7) is 3.74. The minimum Gasteiger partial charge on any atom is -0.333 e. The molecule has 0 spiro atoms. The lowest BCUT2D eigenvalue weighted by Crippen LogP contribution is -2.05. The van der Waals surface area contributed by atoms with Crippen LogP contribution in [0.1, 0.15) is 19.0 Å². The van der Waals surface area contributed by atoms with Gasteiger partial charge in [0.05, 0.1) is 12.0 Å². The number of aromatic nitrogens is 2. The zero-order valence-corrected chi connectivity index (χ0v) is 8.70. The van der Waals surface area contributed by atoms with Gasteiger partial charge < -0.3 is 10.3 Å². The van der Waals surface area contributed by atoms with E-state index in [-0.39, 0.29) is 24.8 Å². The van der Waals surface area contributed by atoms with Crippen LogP contribution in [0.15, 0.2) is 12.5 Å². The molecule has 0 atom stereocenters. The molecule has 2 N–H and O–H groups in total. The summed E-state index contributed by atoms with van der Waals surface area (Å²) in [7, 11) is 0. The number of halogens is 2. The molecule has 1 aromatic rings. The Morgan fingerprint density at radius 2 is 2.17 bits per heavy atom. The summed E-state index contributed by atoms with van der Waals surface area (Å²) in [5.74, 6) is 0. The van der Waals surface area contributed by atoms with Crippen LogP contribution in [0.3, 0.4) is 0 Å². The normalized spacial score (nSPS) is 8.50. The average Bonchev–Trinajstić information content (AvgIpc) is 2.36. The van der Waals surface area contributed by atoms with Crippen LogP contribution in [0.25, 0.3) is 0 Å². The summed E-state index contributed by atoms with van der Waals surface area (Å²) in [4.78, 5) is 3.99. The van der Waals surface area contributed by atoms with Crippen molar-refractivity contribution in [1.29, 1.82) is 0 Å². The van der Waals surface area contributed by atoms with Crippen LogP contribution in [0.2, 0.25) is 0 Å². The van der Waals surface area contributed by atoms with Gasteiger partial charge in [-0.2, -0.15) is 0 Å². The molecule has 5 heteroatoms. The van der Waals surface area contributed by atoms with Crippen LogP contribution in [-0.4, -0.2) is 9.55 Å². The molecule has 0 unspecified atom stereocenters. The summed E-state index contributed by atoms with van der Waals surface area (Å²) in [5.41, 5.74) is 6.58. The number of aryl methyl sites for hydroxylation is 1. The molecule has 0 aliphatic carbocycles. The van der Waals surface area contributed by atoms with E-state index < -0.39 is 0 Å². The highest BCUT2D eigenvalue weighted by atomic mass is 35.5. The third-order valence-electron chi connectivity index (χ3n) is 1.47. The van der Waals surface area contributed by atoms with Crippen LogP contribution < -0.4 is 5.73 Å². The van der Waals surface area contributed by atoms with Crippen molar-refractivity contribution in [2.75, 3.05) is 0 Å². The smallest absolute Gasteiger partial charge is 0.0948 e. The molecule has 1 aromatic heterocycles. The van der Waals surface area contributed by atoms with Crippen molar-refractivity contribution < 1.29 is 0 Å². The molecular weight excluding hydrogens is 197 g/mol. The molecule has 0 aliphatic heterocycles. The van der Waals surface area contributed by atoms with Gasteiger partial charge in [0.1, 0.15) is 0 Å². The van der Waals surface area contributed by atoms with E-state index in [0.717, 1.165) is 18.7 Å². The first-order valence-corrected chi connectivity index (χ1v) is 3.57. The maximum absolute atomic E-state index is 5.46. The van der Waals surface area contributed by atoms with Gasteiger partial charge in [-0.15, -0.1) is 24.8 Å². The lowest BCUT2D eigenvalue weighted by molar-refractivity contribution is 0.646. The first-order valence-electron chi connectivity index (χ1n) is 3.57. The van der Waals surface area contributed by atoms with Crippen molar-refractivity contribution in [3.05, 3.63) is 18.2 Å². The second-order valence-corrected chi connectivity index (χ2v) is 2.28. The highest BCUT2D eigenvalue weighted by Crippen LogP contribution is 1.98. The molecule has 12 heavy (non-hydrogen) atoms. The third-order valence-corrected chi connectivity index (χ3v) is 1.47. The second-order valence-electron chi connectivity index (χ2n) is 2.28. The predicted octanol–water partition coefficient (Wildman–Crippen LogP) is 1.60. The monoisotopic (exact) mass is 211 g/mol. The molecule has 0 aromatic carbocycles. The van der Waals surface area contributed by atoms with Crippen LogP contribution in [0, 0.1) is 0 Å². The Kier molecular flexibility index (Phi) is 8.81. The topological polar surface area (TPSA) is 43.8 Å². The van der Waals surface area contributed by atoms with Gasteiger partial charge in [-0.05, 0) is 6.42 Å². The first-order chi connectivity index (χ1) is 4.88. The number of hydrogen-bond acceptors (Lipinski definition) is 2. The van der Waals surface area contributed by atoms with Crippen LogP contribution in [0.5, 0.6) is 0 Å². The van der Waals surface area contributed by atoms with Crippen LogP contribution in [-0.2, 0) is 13.1 Å². The molecule has 0 bridgehead atoms. The van der Waals surface area contributed by atoms with E-state index >= 15 is 0 Å². The minimum absolute atomic E-state index is 0. The molecule has 0 amide bonds. The Labute approximate surface area is 85.2 Å². The number of imidazole rings is 1. The van der Waals surface area contributed by atoms with E-state index in [2.05, 4.69) is 16.5 Å². The highest BCUT2D eigenvalue weighted by molar-refractivity contribution is 5.85. The molecule has 0 aliphatic rings. The molecule has 0 fully saturated rings. The Morgan fingerprint density at radius 3 is 2.67 bits per heavy atom. The van der Waals surface area contributed by atoms with Crippen molar-refractivity contribution in [2.24, 2.45) is 5.73 Å². The molecule has 1 rings (SSSR count). The number of nitrogens with zero attached hydrogens (tertiary/aromatic N) is 2. The van der Waals surface area contributed by atoms with Gasteiger partial charge in [0.2, 0.25) is 0 Å². The van der Waals surface area contributed by atoms with Crippen LogP contribution in [0.4, 0.5) is 0 Å². The average molecular weight is 212 g/mol. The van der Waals surface area contributed by atoms with Gasteiger partial charge in [0.15, 0.2) is 0 Å². The van der Waals surface area contributed by atoms with E-state index in [4.69, 9.17) is 5.73 Å². The summed E-state index contributed by atoms with van der Waals surface area (Å²) >= 11 is 0. The standard InChI is InChI=1S/C7H13N3.2ClH/c1-2-3-10-6-9-5-7(10)4-8;;/h5-6H,2-4,8H2,1H3;2*1H. The van der Waals surface area contributed by atoms with Crippen LogP contribution >= 0.6 is 24.8 Å². The van der Waals surface area contributed by atoms with Crippen molar-refractivity contribution in [2.45, 2.75) is 26.4 Å². The van der Waals surface area contributed by atoms with E-state index in [1.807, 2.05) is 12.5 Å². The molecule has 0 saturated heterocycles. The minimum atomic E-state index is 0. The van der Waals surface area contributed by atoms with Gasteiger partial charge in [0, 0.05) is 19.3 Å². The fraction of sp³-hybridized carbons (Fsp3) is 0.571. The molecular formula is C7H15Cl2N3. The van der Waals surface area contributed by atoms with Gasteiger partial charge in [-0.1, -0.05) is 6.92 Å². The lowest BCUT2D eigenvalue weighted by Gasteiger charge is -2.02. The van der Waals surface area contributed by atoms with Gasteiger partial charge >= 0.3 is 0 Å². The van der Waals surface area contributed by atoms with Gasteiger partial charge in [-0.25, -0.2) is 4.98 Å². The van der Waals surface area contributed by atoms with Crippen molar-refractivity contribution in [1.82, 2.24) is 9.55 Å². The first kappa shape index (κ1) is 14.3. The molecule has 0 saturated carbocycles. The fourth-order valence-electron chi connectivity index (χ4n) is 0.960. The van der Waals surface area contributed by atoms with E-state index in [9.17, 15) is 0 Å². The van der Waals surface area contributed by atoms with Crippen molar-refractivity contribution in [3.8, 4) is 0 Å². The lowest BCUT2D eigenvalue weighted by atomic mass is 10.4. The van der Waals surface area contributed by atoms with Gasteiger partial charge in [0.25, 0.3) is 0 Å². The van der Waals surface area contributed by atoms with Crippen molar-refractivity contribution in [3.63, 3.8) is 0 Å². The summed E-state index contributed by atoms with van der Waals surface area (Å²) in [6, 6.07) is 0. The fourth-order valence-corrected chi connectivity index (χ4v) is 0.960. The zero-order valence-electron chi connectivity index (χ0n) is 7.06. The Balaban J connectivity index is 0. The highest BCUT2D eigenvalue weighted by Gasteiger charge is 1.95. The molecule has 1 heterocycles. The summed E-state index contributed by atoms with van der Waals surface area (Å²) < 4.78 is 2.08. The number of nitrogens with two attached hydrogens (primary N) is 1. The van der Waals surface area contributed by atoms with Gasteiger partial charge in [-0.3, -0.25) is 0 Å². The van der Waals surface area contributed by atoms with E-state index in [0.29, 0.717) is 6.54 Å². The second kappa shape index (κ2) is 7.40. The molecule has 0 radical (unpaired) electrons. The van der Waals surface area contributed by atoms with E-state index in [1.54, 1.807) is 0 Å². The number of rotatable bonds is 3. The Hall–Kier alpha value is -0.250. The van der Waals surface area contributed by atoms with E-state index in [1.165, 1.54) is 0 Å². The SMILES string of the molecule is CCCn1cncc1CN.Cl.Cl. The molecule has 72 valence electrons. The molecule has 3 nitrogen and oxygen atoms in total. The maximum Gasteiger partial charge on any atom is 0.0948 e. The maximum atomic E-state index is 5.46. The Bertz CT molecular complexity index is 200. The summed E-state index contributed by atoms with van der Waals surface area (Å²) in [6.07, 6.45) is 4.77. The Morgan fingerprint density at radius 1 is 1.50 bits per heavy atom. The third kappa shape index (κ3) is 3.43.